The van der Waals surface area contributed by atoms with Crippen LogP contribution in [0.3, 0.4) is 0 Å². The molecule has 0 radical (unpaired) electrons. The Morgan fingerprint density at radius 2 is 2.31 bits per heavy atom. The van der Waals surface area contributed by atoms with Crippen LogP contribution < -0.4 is 4.72 Å². The van der Waals surface area contributed by atoms with Crippen LogP contribution in [0.5, 0.6) is 0 Å². The summed E-state index contributed by atoms with van der Waals surface area (Å²) in [6.07, 6.45) is 1.91. The summed E-state index contributed by atoms with van der Waals surface area (Å²) in [6.45, 7) is 4.46. The number of ether oxygens (including phenoxy) is 1. The van der Waals surface area contributed by atoms with Crippen molar-refractivity contribution in [2.24, 2.45) is 5.92 Å². The van der Waals surface area contributed by atoms with Gasteiger partial charge >= 0.3 is 0 Å². The van der Waals surface area contributed by atoms with Crippen LogP contribution in [0.4, 0.5) is 0 Å². The molecule has 1 saturated heterocycles. The van der Waals surface area contributed by atoms with E-state index in [4.69, 9.17) is 10.00 Å². The highest BCUT2D eigenvalue weighted by Gasteiger charge is 2.29. The van der Waals surface area contributed by atoms with Gasteiger partial charge in [-0.15, -0.1) is 0 Å². The van der Waals surface area contributed by atoms with Crippen molar-refractivity contribution in [2.75, 3.05) is 13.2 Å². The molecule has 16 heavy (non-hydrogen) atoms. The molecule has 0 aromatic rings. The molecule has 0 aromatic carbocycles. The first-order chi connectivity index (χ1) is 7.51. The SMILES string of the molecule is CCC1OCCC1CNS(=O)(=O)C(C)C#N. The predicted molar refractivity (Wildman–Crippen MR) is 60.1 cm³/mol. The second-order valence-electron chi connectivity index (χ2n) is 4.03. The van der Waals surface area contributed by atoms with E-state index in [-0.39, 0.29) is 12.0 Å². The molecule has 6 heteroatoms. The third-order valence-corrected chi connectivity index (χ3v) is 4.55. The predicted octanol–water partition coefficient (Wildman–Crippen LogP) is 0.633. The first kappa shape index (κ1) is 13.4. The average Bonchev–Trinajstić information content (AvgIpc) is 2.72. The van der Waals surface area contributed by atoms with Crippen LogP contribution >= 0.6 is 0 Å². The molecule has 1 aliphatic rings. The molecule has 0 aromatic heterocycles. The van der Waals surface area contributed by atoms with Gasteiger partial charge < -0.3 is 4.74 Å². The van der Waals surface area contributed by atoms with E-state index >= 15 is 0 Å². The van der Waals surface area contributed by atoms with Gasteiger partial charge in [0.25, 0.3) is 0 Å². The smallest absolute Gasteiger partial charge is 0.227 e. The molecule has 0 amide bonds. The van der Waals surface area contributed by atoms with Gasteiger partial charge in [-0.1, -0.05) is 6.92 Å². The molecular formula is C10H18N2O3S. The first-order valence-electron chi connectivity index (χ1n) is 5.51. The van der Waals surface area contributed by atoms with Crippen molar-refractivity contribution in [3.63, 3.8) is 0 Å². The van der Waals surface area contributed by atoms with Crippen molar-refractivity contribution in [2.45, 2.75) is 38.0 Å². The van der Waals surface area contributed by atoms with Gasteiger partial charge in [0.2, 0.25) is 10.0 Å². The van der Waals surface area contributed by atoms with Crippen LogP contribution in [-0.2, 0) is 14.8 Å². The molecule has 3 atom stereocenters. The fraction of sp³-hybridized carbons (Fsp3) is 0.900. The number of nitrogens with one attached hydrogen (secondary N) is 1. The second kappa shape index (κ2) is 5.62. The summed E-state index contributed by atoms with van der Waals surface area (Å²) < 4.78 is 31.0. The Morgan fingerprint density at radius 1 is 1.62 bits per heavy atom. The van der Waals surface area contributed by atoms with E-state index in [9.17, 15) is 8.42 Å². The van der Waals surface area contributed by atoms with E-state index in [0.717, 1.165) is 12.8 Å². The van der Waals surface area contributed by atoms with Gasteiger partial charge in [-0.3, -0.25) is 0 Å². The molecule has 1 N–H and O–H groups in total. The standard InChI is InChI=1S/C10H18N2O3S/c1-3-10-9(4-5-15-10)7-12-16(13,14)8(2)6-11/h8-10,12H,3-5,7H2,1-2H3. The van der Waals surface area contributed by atoms with Crippen molar-refractivity contribution >= 4 is 10.0 Å². The maximum Gasteiger partial charge on any atom is 0.227 e. The lowest BCUT2D eigenvalue weighted by Gasteiger charge is -2.17. The molecular weight excluding hydrogens is 228 g/mol. The Bertz CT molecular complexity index is 361. The number of nitrogens with zero attached hydrogens (tertiary/aromatic N) is 1. The van der Waals surface area contributed by atoms with E-state index in [1.807, 2.05) is 6.92 Å². The van der Waals surface area contributed by atoms with Crippen LogP contribution in [-0.4, -0.2) is 32.9 Å². The van der Waals surface area contributed by atoms with Crippen LogP contribution in [0.25, 0.3) is 0 Å². The number of hydrogen-bond donors (Lipinski definition) is 1. The van der Waals surface area contributed by atoms with Gasteiger partial charge in [0.15, 0.2) is 5.25 Å². The maximum absolute atomic E-state index is 11.5. The molecule has 3 unspecified atom stereocenters. The molecule has 1 fully saturated rings. The Balaban J connectivity index is 2.49. The zero-order valence-electron chi connectivity index (χ0n) is 9.64. The highest BCUT2D eigenvalue weighted by molar-refractivity contribution is 7.90. The van der Waals surface area contributed by atoms with Crippen molar-refractivity contribution < 1.29 is 13.2 Å². The maximum atomic E-state index is 11.5. The van der Waals surface area contributed by atoms with Gasteiger partial charge in [0, 0.05) is 19.1 Å². The monoisotopic (exact) mass is 246 g/mol. The largest absolute Gasteiger partial charge is 0.378 e. The summed E-state index contributed by atoms with van der Waals surface area (Å²) in [6, 6.07) is 1.72. The molecule has 92 valence electrons. The van der Waals surface area contributed by atoms with Gasteiger partial charge in [-0.2, -0.15) is 5.26 Å². The van der Waals surface area contributed by atoms with Crippen LogP contribution in [0.15, 0.2) is 0 Å². The van der Waals surface area contributed by atoms with Crippen LogP contribution in [0.2, 0.25) is 0 Å². The van der Waals surface area contributed by atoms with E-state index in [1.165, 1.54) is 6.92 Å². The summed E-state index contributed by atoms with van der Waals surface area (Å²) in [5.41, 5.74) is 0. The Hall–Kier alpha value is -0.640. The highest BCUT2D eigenvalue weighted by Crippen LogP contribution is 2.22. The molecule has 0 bridgehead atoms. The number of nitriles is 1. The van der Waals surface area contributed by atoms with Gasteiger partial charge in [0.1, 0.15) is 0 Å². The van der Waals surface area contributed by atoms with E-state index < -0.39 is 15.3 Å². The van der Waals surface area contributed by atoms with E-state index in [0.29, 0.717) is 13.2 Å². The van der Waals surface area contributed by atoms with Gasteiger partial charge in [-0.05, 0) is 19.8 Å². The highest BCUT2D eigenvalue weighted by atomic mass is 32.2. The van der Waals surface area contributed by atoms with Crippen molar-refractivity contribution in [1.82, 2.24) is 4.72 Å². The van der Waals surface area contributed by atoms with Crippen LogP contribution in [0, 0.1) is 17.2 Å². The van der Waals surface area contributed by atoms with Crippen molar-refractivity contribution in [3.05, 3.63) is 0 Å². The van der Waals surface area contributed by atoms with Crippen molar-refractivity contribution in [1.29, 1.82) is 5.26 Å². The quantitative estimate of drug-likeness (QED) is 0.771. The number of hydrogen-bond acceptors (Lipinski definition) is 4. The molecule has 5 nitrogen and oxygen atoms in total. The lowest BCUT2D eigenvalue weighted by Crippen LogP contribution is -2.37. The molecule has 1 rings (SSSR count). The Morgan fingerprint density at radius 3 is 2.88 bits per heavy atom. The molecule has 1 aliphatic heterocycles. The van der Waals surface area contributed by atoms with E-state index in [1.54, 1.807) is 6.07 Å². The second-order valence-corrected chi connectivity index (χ2v) is 6.12. The lowest BCUT2D eigenvalue weighted by atomic mass is 10.0. The Kier molecular flexibility index (Phi) is 4.71. The van der Waals surface area contributed by atoms with Crippen LogP contribution in [0.1, 0.15) is 26.7 Å². The average molecular weight is 246 g/mol. The number of rotatable bonds is 5. The molecule has 0 aliphatic carbocycles. The minimum Gasteiger partial charge on any atom is -0.378 e. The van der Waals surface area contributed by atoms with Crippen molar-refractivity contribution in [3.8, 4) is 6.07 Å². The van der Waals surface area contributed by atoms with Gasteiger partial charge in [-0.25, -0.2) is 13.1 Å². The summed E-state index contributed by atoms with van der Waals surface area (Å²) in [5.74, 6) is 0.227. The first-order valence-corrected chi connectivity index (χ1v) is 7.05. The fourth-order valence-electron chi connectivity index (χ4n) is 1.80. The summed E-state index contributed by atoms with van der Waals surface area (Å²) in [4.78, 5) is 0. The molecule has 0 saturated carbocycles. The normalized spacial score (nSPS) is 27.6. The Labute approximate surface area is 96.8 Å². The number of sulfonamides is 1. The van der Waals surface area contributed by atoms with E-state index in [2.05, 4.69) is 4.72 Å². The van der Waals surface area contributed by atoms with Gasteiger partial charge in [0.05, 0.1) is 12.2 Å². The third kappa shape index (κ3) is 3.17. The minimum atomic E-state index is -3.50. The zero-order valence-corrected chi connectivity index (χ0v) is 10.5. The zero-order chi connectivity index (χ0) is 12.2. The summed E-state index contributed by atoms with van der Waals surface area (Å²) >= 11 is 0. The summed E-state index contributed by atoms with van der Waals surface area (Å²) in [5, 5.41) is 7.56. The molecule has 0 spiro atoms. The lowest BCUT2D eigenvalue weighted by molar-refractivity contribution is 0.0884. The summed E-state index contributed by atoms with van der Waals surface area (Å²) in [7, 11) is -3.50. The minimum absolute atomic E-state index is 0.139. The topological polar surface area (TPSA) is 79.2 Å². The molecule has 1 heterocycles. The third-order valence-electron chi connectivity index (χ3n) is 2.94. The fourth-order valence-corrected chi connectivity index (χ4v) is 2.63.